The van der Waals surface area contributed by atoms with Crippen LogP contribution in [-0.2, 0) is 10.0 Å². The fraction of sp³-hybridized carbons (Fsp3) is 0.545. The Bertz CT molecular complexity index is 514. The number of nitrogens with two attached hydrogens (primary N) is 1. The van der Waals surface area contributed by atoms with Gasteiger partial charge in [-0.3, -0.25) is 10.8 Å². The average Bonchev–Trinajstić information content (AvgIpc) is 2.91. The quantitative estimate of drug-likeness (QED) is 0.492. The highest BCUT2D eigenvalue weighted by Crippen LogP contribution is 2.17. The highest BCUT2D eigenvalue weighted by molar-refractivity contribution is 7.89. The summed E-state index contributed by atoms with van der Waals surface area (Å²) in [6.07, 6.45) is 5.15. The Kier molecular flexibility index (Phi) is 4.70. The van der Waals surface area contributed by atoms with Crippen LogP contribution in [0.15, 0.2) is 23.4 Å². The first-order valence-corrected chi connectivity index (χ1v) is 7.74. The van der Waals surface area contributed by atoms with Crippen molar-refractivity contribution in [2.45, 2.75) is 17.7 Å². The van der Waals surface area contributed by atoms with Gasteiger partial charge in [0, 0.05) is 25.5 Å². The van der Waals surface area contributed by atoms with Gasteiger partial charge in [0.15, 0.2) is 0 Å². The molecule has 0 aliphatic carbocycles. The van der Waals surface area contributed by atoms with Gasteiger partial charge in [-0.15, -0.1) is 0 Å². The minimum atomic E-state index is -3.58. The number of likely N-dealkylation sites (tertiary alicyclic amines) is 1. The minimum absolute atomic E-state index is 0.0684. The molecule has 1 fully saturated rings. The SMILES string of the molecule is NNc1ccncc1S(=O)(=O)NCCN1CCCC1. The zero-order chi connectivity index (χ0) is 13.7. The Morgan fingerprint density at radius 3 is 2.79 bits per heavy atom. The predicted molar refractivity (Wildman–Crippen MR) is 72.9 cm³/mol. The molecular weight excluding hydrogens is 266 g/mol. The largest absolute Gasteiger partial charge is 0.323 e. The molecule has 1 aromatic rings. The van der Waals surface area contributed by atoms with E-state index in [-0.39, 0.29) is 4.90 Å². The van der Waals surface area contributed by atoms with Gasteiger partial charge in [0.25, 0.3) is 0 Å². The molecule has 2 heterocycles. The second-order valence-corrected chi connectivity index (χ2v) is 6.20. The smallest absolute Gasteiger partial charge is 0.244 e. The van der Waals surface area contributed by atoms with Crippen LogP contribution in [0.2, 0.25) is 0 Å². The van der Waals surface area contributed by atoms with Crippen LogP contribution in [0.5, 0.6) is 0 Å². The van der Waals surface area contributed by atoms with E-state index in [1.54, 1.807) is 0 Å². The maximum Gasteiger partial charge on any atom is 0.244 e. The zero-order valence-corrected chi connectivity index (χ0v) is 11.5. The first-order valence-electron chi connectivity index (χ1n) is 6.26. The second-order valence-electron chi connectivity index (χ2n) is 4.46. The zero-order valence-electron chi connectivity index (χ0n) is 10.7. The highest BCUT2D eigenvalue weighted by atomic mass is 32.2. The summed E-state index contributed by atoms with van der Waals surface area (Å²) in [5, 5.41) is 0. The minimum Gasteiger partial charge on any atom is -0.323 e. The van der Waals surface area contributed by atoms with E-state index in [4.69, 9.17) is 5.84 Å². The third kappa shape index (κ3) is 3.63. The molecule has 1 saturated heterocycles. The summed E-state index contributed by atoms with van der Waals surface area (Å²) in [4.78, 5) is 6.13. The standard InChI is InChI=1S/C11H19N5O2S/c12-15-10-3-4-13-9-11(10)19(17,18)14-5-8-16-6-1-2-7-16/h3-4,9,14H,1-2,5-8,12H2,(H,13,15). The average molecular weight is 285 g/mol. The van der Waals surface area contributed by atoms with Gasteiger partial charge in [-0.25, -0.2) is 13.1 Å². The van der Waals surface area contributed by atoms with Crippen LogP contribution in [0, 0.1) is 0 Å². The van der Waals surface area contributed by atoms with E-state index in [2.05, 4.69) is 20.0 Å². The molecule has 1 aliphatic heterocycles. The fourth-order valence-electron chi connectivity index (χ4n) is 2.14. The molecule has 1 aromatic heterocycles. The molecule has 4 N–H and O–H groups in total. The van der Waals surface area contributed by atoms with E-state index in [9.17, 15) is 8.42 Å². The number of rotatable bonds is 6. The molecule has 0 amide bonds. The van der Waals surface area contributed by atoms with Crippen LogP contribution in [0.1, 0.15) is 12.8 Å². The molecule has 19 heavy (non-hydrogen) atoms. The molecule has 0 atom stereocenters. The molecule has 0 spiro atoms. The molecular formula is C11H19N5O2S. The van der Waals surface area contributed by atoms with E-state index in [0.29, 0.717) is 12.2 Å². The van der Waals surface area contributed by atoms with Crippen molar-refractivity contribution in [2.24, 2.45) is 5.84 Å². The lowest BCUT2D eigenvalue weighted by atomic mass is 10.4. The van der Waals surface area contributed by atoms with E-state index < -0.39 is 10.0 Å². The maximum atomic E-state index is 12.1. The predicted octanol–water partition coefficient (Wildman–Crippen LogP) is -0.259. The van der Waals surface area contributed by atoms with Gasteiger partial charge in [0.2, 0.25) is 10.0 Å². The summed E-state index contributed by atoms with van der Waals surface area (Å²) in [7, 11) is -3.58. The van der Waals surface area contributed by atoms with Gasteiger partial charge in [-0.05, 0) is 32.0 Å². The van der Waals surface area contributed by atoms with Crippen LogP contribution >= 0.6 is 0 Å². The number of hydrogen-bond donors (Lipinski definition) is 3. The van der Waals surface area contributed by atoms with Crippen molar-refractivity contribution in [1.82, 2.24) is 14.6 Å². The number of anilines is 1. The third-order valence-electron chi connectivity index (χ3n) is 3.15. The lowest BCUT2D eigenvalue weighted by molar-refractivity contribution is 0.344. The van der Waals surface area contributed by atoms with Crippen LogP contribution in [-0.4, -0.2) is 44.5 Å². The van der Waals surface area contributed by atoms with Crippen molar-refractivity contribution in [2.75, 3.05) is 31.6 Å². The van der Waals surface area contributed by atoms with Crippen LogP contribution in [0.25, 0.3) is 0 Å². The van der Waals surface area contributed by atoms with Gasteiger partial charge < -0.3 is 10.3 Å². The van der Waals surface area contributed by atoms with Crippen LogP contribution < -0.4 is 16.0 Å². The Labute approximate surface area is 113 Å². The van der Waals surface area contributed by atoms with E-state index in [1.165, 1.54) is 31.3 Å². The topological polar surface area (TPSA) is 100 Å². The number of nitrogens with one attached hydrogen (secondary N) is 2. The molecule has 0 unspecified atom stereocenters. The molecule has 2 rings (SSSR count). The Hall–Kier alpha value is -1.22. The number of hydrazine groups is 1. The van der Waals surface area contributed by atoms with Gasteiger partial charge in [-0.2, -0.15) is 0 Å². The number of nitrogen functional groups attached to an aromatic ring is 1. The number of nitrogens with zero attached hydrogens (tertiary/aromatic N) is 2. The lowest BCUT2D eigenvalue weighted by Gasteiger charge is -2.15. The van der Waals surface area contributed by atoms with Gasteiger partial charge in [0.05, 0.1) is 5.69 Å². The van der Waals surface area contributed by atoms with Gasteiger partial charge in [-0.1, -0.05) is 0 Å². The van der Waals surface area contributed by atoms with Crippen molar-refractivity contribution in [3.05, 3.63) is 18.5 Å². The first-order chi connectivity index (χ1) is 9.13. The van der Waals surface area contributed by atoms with Crippen molar-refractivity contribution in [3.63, 3.8) is 0 Å². The number of aromatic nitrogens is 1. The first kappa shape index (κ1) is 14.2. The Morgan fingerprint density at radius 1 is 1.37 bits per heavy atom. The highest BCUT2D eigenvalue weighted by Gasteiger charge is 2.19. The van der Waals surface area contributed by atoms with Crippen LogP contribution in [0.4, 0.5) is 5.69 Å². The molecule has 0 radical (unpaired) electrons. The second kappa shape index (κ2) is 6.29. The van der Waals surface area contributed by atoms with E-state index in [0.717, 1.165) is 19.6 Å². The third-order valence-corrected chi connectivity index (χ3v) is 4.64. The van der Waals surface area contributed by atoms with Gasteiger partial charge in [0.1, 0.15) is 4.90 Å². The molecule has 106 valence electrons. The molecule has 8 heteroatoms. The molecule has 0 saturated carbocycles. The van der Waals surface area contributed by atoms with E-state index in [1.807, 2.05) is 0 Å². The molecule has 1 aliphatic rings. The monoisotopic (exact) mass is 285 g/mol. The summed E-state index contributed by atoms with van der Waals surface area (Å²) in [5.41, 5.74) is 2.70. The summed E-state index contributed by atoms with van der Waals surface area (Å²) in [5.74, 6) is 5.30. The molecule has 0 bridgehead atoms. The molecule has 0 aromatic carbocycles. The summed E-state index contributed by atoms with van der Waals surface area (Å²) in [6, 6.07) is 1.52. The lowest BCUT2D eigenvalue weighted by Crippen LogP contribution is -2.34. The number of pyridine rings is 1. The van der Waals surface area contributed by atoms with Crippen LogP contribution in [0.3, 0.4) is 0 Å². The number of sulfonamides is 1. The van der Waals surface area contributed by atoms with E-state index >= 15 is 0 Å². The summed E-state index contributed by atoms with van der Waals surface area (Å²) < 4.78 is 26.8. The van der Waals surface area contributed by atoms with Crippen molar-refractivity contribution in [1.29, 1.82) is 0 Å². The maximum absolute atomic E-state index is 12.1. The Balaban J connectivity index is 1.97. The van der Waals surface area contributed by atoms with Crippen molar-refractivity contribution < 1.29 is 8.42 Å². The summed E-state index contributed by atoms with van der Waals surface area (Å²) in [6.45, 7) is 3.21. The van der Waals surface area contributed by atoms with Crippen molar-refractivity contribution >= 4 is 15.7 Å². The summed E-state index contributed by atoms with van der Waals surface area (Å²) >= 11 is 0. The van der Waals surface area contributed by atoms with Gasteiger partial charge >= 0.3 is 0 Å². The molecule has 7 nitrogen and oxygen atoms in total. The normalized spacial score (nSPS) is 16.7. The number of hydrogen-bond acceptors (Lipinski definition) is 6. The fourth-order valence-corrected chi connectivity index (χ4v) is 3.27. The Morgan fingerprint density at radius 2 is 2.11 bits per heavy atom. The van der Waals surface area contributed by atoms with Crippen molar-refractivity contribution in [3.8, 4) is 0 Å².